The number of aryl methyl sites for hydroxylation is 1. The summed E-state index contributed by atoms with van der Waals surface area (Å²) in [7, 11) is 0. The molecule has 1 fully saturated rings. The highest BCUT2D eigenvalue weighted by molar-refractivity contribution is 6.00. The maximum Gasteiger partial charge on any atom is 0.255 e. The van der Waals surface area contributed by atoms with E-state index in [0.717, 1.165) is 41.6 Å². The number of pyridine rings is 1. The molecule has 0 N–H and O–H groups in total. The Bertz CT molecular complexity index is 690. The minimum absolute atomic E-state index is 0.220. The maximum absolute atomic E-state index is 12.5. The van der Waals surface area contributed by atoms with Crippen LogP contribution in [0.2, 0.25) is 0 Å². The maximum atomic E-state index is 12.5. The van der Waals surface area contributed by atoms with Crippen molar-refractivity contribution in [3.05, 3.63) is 53.3 Å². The number of hydrogen-bond acceptors (Lipinski definition) is 2. The summed E-state index contributed by atoms with van der Waals surface area (Å²) < 4.78 is 0. The number of carbonyl (C=O) groups is 1. The van der Waals surface area contributed by atoms with Gasteiger partial charge in [-0.25, -0.2) is 0 Å². The van der Waals surface area contributed by atoms with Gasteiger partial charge in [0.1, 0.15) is 0 Å². The molecule has 1 aromatic heterocycles. The zero-order chi connectivity index (χ0) is 13.7. The summed E-state index contributed by atoms with van der Waals surface area (Å²) in [5, 5.41) is 0. The van der Waals surface area contributed by atoms with Gasteiger partial charge in [0, 0.05) is 36.1 Å². The van der Waals surface area contributed by atoms with Crippen LogP contribution in [0.3, 0.4) is 0 Å². The van der Waals surface area contributed by atoms with Crippen LogP contribution in [-0.4, -0.2) is 21.8 Å². The molecule has 2 aliphatic rings. The van der Waals surface area contributed by atoms with E-state index in [1.165, 1.54) is 5.56 Å². The first-order chi connectivity index (χ1) is 9.74. The normalized spacial score (nSPS) is 17.4. The van der Waals surface area contributed by atoms with Gasteiger partial charge >= 0.3 is 0 Å². The third-order valence-corrected chi connectivity index (χ3v) is 4.22. The summed E-state index contributed by atoms with van der Waals surface area (Å²) in [6, 6.07) is 8.74. The van der Waals surface area contributed by atoms with Crippen LogP contribution in [0.15, 0.2) is 36.7 Å². The highest BCUT2D eigenvalue weighted by atomic mass is 16.2. The van der Waals surface area contributed by atoms with Crippen molar-refractivity contribution in [2.45, 2.75) is 32.4 Å². The molecule has 100 valence electrons. The molecule has 1 aromatic carbocycles. The Morgan fingerprint density at radius 2 is 2.10 bits per heavy atom. The molecule has 0 atom stereocenters. The van der Waals surface area contributed by atoms with Crippen molar-refractivity contribution < 1.29 is 4.79 Å². The quantitative estimate of drug-likeness (QED) is 0.834. The zero-order valence-electron chi connectivity index (χ0n) is 11.5. The van der Waals surface area contributed by atoms with Crippen LogP contribution < -0.4 is 0 Å². The number of hydrogen-bond donors (Lipinski definition) is 0. The topological polar surface area (TPSA) is 33.2 Å². The Morgan fingerprint density at radius 1 is 1.25 bits per heavy atom. The lowest BCUT2D eigenvalue weighted by Crippen LogP contribution is -2.26. The largest absolute Gasteiger partial charge is 0.331 e. The van der Waals surface area contributed by atoms with Gasteiger partial charge in [-0.05, 0) is 48.6 Å². The van der Waals surface area contributed by atoms with Crippen molar-refractivity contribution in [1.82, 2.24) is 9.88 Å². The van der Waals surface area contributed by atoms with E-state index in [2.05, 4.69) is 23.2 Å². The summed E-state index contributed by atoms with van der Waals surface area (Å²) in [5.74, 6) is 0.220. The van der Waals surface area contributed by atoms with Gasteiger partial charge in [-0.1, -0.05) is 12.1 Å². The Morgan fingerprint density at radius 3 is 2.80 bits per heavy atom. The fourth-order valence-electron chi connectivity index (χ4n) is 3.07. The molecule has 4 rings (SSSR count). The molecule has 0 unspecified atom stereocenters. The van der Waals surface area contributed by atoms with Gasteiger partial charge in [0.15, 0.2) is 0 Å². The molecule has 3 nitrogen and oxygen atoms in total. The summed E-state index contributed by atoms with van der Waals surface area (Å²) >= 11 is 0. The van der Waals surface area contributed by atoms with Crippen molar-refractivity contribution in [2.24, 2.45) is 0 Å². The molecular formula is C17H16N2O. The second-order valence-electron chi connectivity index (χ2n) is 5.73. The van der Waals surface area contributed by atoms with Crippen molar-refractivity contribution in [3.8, 4) is 11.1 Å². The second-order valence-corrected chi connectivity index (χ2v) is 5.73. The van der Waals surface area contributed by atoms with Gasteiger partial charge in [0.05, 0.1) is 0 Å². The fourth-order valence-corrected chi connectivity index (χ4v) is 3.07. The Hall–Kier alpha value is -2.16. The van der Waals surface area contributed by atoms with E-state index in [0.29, 0.717) is 6.04 Å². The van der Waals surface area contributed by atoms with Crippen LogP contribution in [0.25, 0.3) is 11.1 Å². The number of nitrogens with zero attached hydrogens (tertiary/aromatic N) is 2. The molecule has 1 saturated carbocycles. The standard InChI is InChI=1S/C17H16N2O/c1-11-7-13(12-3-2-6-18-9-12)8-14-10-19(15-4-5-15)17(20)16(11)14/h2-3,6-9,15H,4-5,10H2,1H3. The Labute approximate surface area is 118 Å². The van der Waals surface area contributed by atoms with Crippen LogP contribution in [-0.2, 0) is 6.54 Å². The molecule has 1 aliphatic heterocycles. The van der Waals surface area contributed by atoms with Gasteiger partial charge in [-0.3, -0.25) is 9.78 Å². The highest BCUT2D eigenvalue weighted by Crippen LogP contribution is 2.37. The van der Waals surface area contributed by atoms with Crippen molar-refractivity contribution >= 4 is 5.91 Å². The first kappa shape index (κ1) is 11.6. The average Bonchev–Trinajstić information content (AvgIpc) is 3.24. The molecule has 1 amide bonds. The van der Waals surface area contributed by atoms with E-state index < -0.39 is 0 Å². The smallest absolute Gasteiger partial charge is 0.255 e. The summed E-state index contributed by atoms with van der Waals surface area (Å²) in [4.78, 5) is 18.7. The van der Waals surface area contributed by atoms with Crippen molar-refractivity contribution in [3.63, 3.8) is 0 Å². The van der Waals surface area contributed by atoms with E-state index in [1.54, 1.807) is 6.20 Å². The summed E-state index contributed by atoms with van der Waals surface area (Å²) in [5.41, 5.74) is 5.43. The Balaban J connectivity index is 1.79. The van der Waals surface area contributed by atoms with E-state index in [9.17, 15) is 4.79 Å². The van der Waals surface area contributed by atoms with Crippen LogP contribution in [0.1, 0.15) is 34.3 Å². The molecule has 0 spiro atoms. The monoisotopic (exact) mass is 264 g/mol. The van der Waals surface area contributed by atoms with Crippen LogP contribution >= 0.6 is 0 Å². The number of carbonyl (C=O) groups excluding carboxylic acids is 1. The van der Waals surface area contributed by atoms with Gasteiger partial charge in [-0.15, -0.1) is 0 Å². The molecule has 20 heavy (non-hydrogen) atoms. The lowest BCUT2D eigenvalue weighted by Gasteiger charge is -2.13. The van der Waals surface area contributed by atoms with E-state index in [4.69, 9.17) is 0 Å². The number of rotatable bonds is 2. The minimum Gasteiger partial charge on any atom is -0.331 e. The van der Waals surface area contributed by atoms with Gasteiger partial charge in [-0.2, -0.15) is 0 Å². The number of benzene rings is 1. The molecule has 0 radical (unpaired) electrons. The van der Waals surface area contributed by atoms with Crippen LogP contribution in [0, 0.1) is 6.92 Å². The molecule has 0 saturated heterocycles. The van der Waals surface area contributed by atoms with Crippen LogP contribution in [0.5, 0.6) is 0 Å². The number of fused-ring (bicyclic) bond motifs is 1. The number of amides is 1. The lowest BCUT2D eigenvalue weighted by molar-refractivity contribution is 0.0766. The second kappa shape index (κ2) is 4.17. The first-order valence-electron chi connectivity index (χ1n) is 7.09. The molecule has 0 bridgehead atoms. The highest BCUT2D eigenvalue weighted by Gasteiger charge is 2.39. The van der Waals surface area contributed by atoms with Gasteiger partial charge in [0.2, 0.25) is 0 Å². The predicted molar refractivity (Wildman–Crippen MR) is 77.3 cm³/mol. The molecule has 2 heterocycles. The summed E-state index contributed by atoms with van der Waals surface area (Å²) in [6.07, 6.45) is 5.97. The SMILES string of the molecule is Cc1cc(-c2cccnc2)cc2c1C(=O)N(C1CC1)C2. The van der Waals surface area contributed by atoms with Crippen molar-refractivity contribution in [1.29, 1.82) is 0 Å². The van der Waals surface area contributed by atoms with Gasteiger partial charge < -0.3 is 4.90 Å². The molecule has 2 aromatic rings. The Kier molecular flexibility index (Phi) is 2.43. The first-order valence-corrected chi connectivity index (χ1v) is 7.09. The molecule has 3 heteroatoms. The third-order valence-electron chi connectivity index (χ3n) is 4.22. The zero-order valence-corrected chi connectivity index (χ0v) is 11.5. The van der Waals surface area contributed by atoms with Crippen molar-refractivity contribution in [2.75, 3.05) is 0 Å². The van der Waals surface area contributed by atoms with E-state index in [1.807, 2.05) is 24.1 Å². The van der Waals surface area contributed by atoms with Crippen LogP contribution in [0.4, 0.5) is 0 Å². The van der Waals surface area contributed by atoms with E-state index in [-0.39, 0.29) is 5.91 Å². The van der Waals surface area contributed by atoms with E-state index >= 15 is 0 Å². The minimum atomic E-state index is 0.220. The fraction of sp³-hybridized carbons (Fsp3) is 0.294. The third kappa shape index (κ3) is 1.73. The molecular weight excluding hydrogens is 248 g/mol. The average molecular weight is 264 g/mol. The molecule has 1 aliphatic carbocycles. The number of aromatic nitrogens is 1. The predicted octanol–water partition coefficient (Wildman–Crippen LogP) is 3.18. The summed E-state index contributed by atoms with van der Waals surface area (Å²) in [6.45, 7) is 2.81. The van der Waals surface area contributed by atoms with Gasteiger partial charge in [0.25, 0.3) is 5.91 Å². The lowest BCUT2D eigenvalue weighted by atomic mass is 9.97.